The zero-order valence-electron chi connectivity index (χ0n) is 16.5. The Morgan fingerprint density at radius 1 is 1.17 bits per heavy atom. The molecule has 3 heterocycles. The molecule has 3 aromatic rings. The normalized spacial score (nSPS) is 14.2. The van der Waals surface area contributed by atoms with Gasteiger partial charge in [-0.3, -0.25) is 9.69 Å². The molecule has 0 fully saturated rings. The van der Waals surface area contributed by atoms with Crippen LogP contribution >= 0.6 is 0 Å². The van der Waals surface area contributed by atoms with Crippen LogP contribution in [-0.2, 0) is 25.9 Å². The number of ether oxygens (including phenoxy) is 1. The molecule has 152 valence electrons. The number of methoxy groups -OCH3 is 1. The van der Waals surface area contributed by atoms with Gasteiger partial charge in [-0.1, -0.05) is 18.2 Å². The summed E-state index contributed by atoms with van der Waals surface area (Å²) in [6, 6.07) is 11.5. The lowest BCUT2D eigenvalue weighted by molar-refractivity contribution is 0.0926. The number of hydrogen-bond acceptors (Lipinski definition) is 6. The van der Waals surface area contributed by atoms with Crippen LogP contribution in [0.3, 0.4) is 0 Å². The van der Waals surface area contributed by atoms with Crippen molar-refractivity contribution in [2.75, 3.05) is 26.7 Å². The number of furan rings is 1. The molecule has 1 amide bonds. The zero-order valence-corrected chi connectivity index (χ0v) is 16.5. The van der Waals surface area contributed by atoms with Crippen LogP contribution in [0.4, 0.5) is 0 Å². The first-order valence-electron chi connectivity index (χ1n) is 9.81. The summed E-state index contributed by atoms with van der Waals surface area (Å²) in [6.07, 6.45) is 2.97. The summed E-state index contributed by atoms with van der Waals surface area (Å²) in [5, 5.41) is 11.6. The Morgan fingerprint density at radius 2 is 2.07 bits per heavy atom. The number of nitrogens with one attached hydrogen (secondary N) is 1. The average molecular weight is 395 g/mol. The van der Waals surface area contributed by atoms with E-state index in [1.165, 1.54) is 11.8 Å². The maximum Gasteiger partial charge on any atom is 0.286 e. The second-order valence-corrected chi connectivity index (χ2v) is 7.01. The third kappa shape index (κ3) is 4.48. The molecule has 0 saturated carbocycles. The quantitative estimate of drug-likeness (QED) is 0.658. The molecule has 0 bridgehead atoms. The number of hydrogen-bond donors (Lipinski definition) is 1. The van der Waals surface area contributed by atoms with Gasteiger partial charge in [0.05, 0.1) is 13.4 Å². The van der Waals surface area contributed by atoms with Crippen LogP contribution in [0, 0.1) is 0 Å². The van der Waals surface area contributed by atoms with E-state index in [1.54, 1.807) is 19.2 Å². The highest BCUT2D eigenvalue weighted by atomic mass is 16.5. The summed E-state index contributed by atoms with van der Waals surface area (Å²) >= 11 is 0. The molecule has 4 rings (SSSR count). The number of carbonyl (C=O) groups excluding carboxylic acids is 1. The Hall–Kier alpha value is -3.13. The van der Waals surface area contributed by atoms with Gasteiger partial charge < -0.3 is 19.0 Å². The van der Waals surface area contributed by atoms with Gasteiger partial charge in [0, 0.05) is 51.1 Å². The van der Waals surface area contributed by atoms with Crippen LogP contribution in [0.2, 0.25) is 0 Å². The number of fused-ring (bicyclic) bond motifs is 1. The number of aromatic nitrogens is 3. The topological polar surface area (TPSA) is 85.4 Å². The lowest BCUT2D eigenvalue weighted by atomic mass is 10.2. The van der Waals surface area contributed by atoms with E-state index in [1.807, 2.05) is 18.2 Å². The van der Waals surface area contributed by atoms with Crippen molar-refractivity contribution in [2.24, 2.45) is 0 Å². The first kappa shape index (κ1) is 19.2. The molecule has 0 unspecified atom stereocenters. The van der Waals surface area contributed by atoms with Crippen molar-refractivity contribution in [1.82, 2.24) is 25.0 Å². The predicted octanol–water partition coefficient (Wildman–Crippen LogP) is 1.91. The number of rotatable bonds is 7. The lowest BCUT2D eigenvalue weighted by Gasteiger charge is -2.21. The fourth-order valence-corrected chi connectivity index (χ4v) is 3.63. The average Bonchev–Trinajstić information content (AvgIpc) is 3.37. The highest BCUT2D eigenvalue weighted by Gasteiger charge is 2.19. The first-order valence-corrected chi connectivity index (χ1v) is 9.81. The van der Waals surface area contributed by atoms with Gasteiger partial charge in [-0.15, -0.1) is 10.2 Å². The number of benzene rings is 1. The van der Waals surface area contributed by atoms with E-state index >= 15 is 0 Å². The smallest absolute Gasteiger partial charge is 0.286 e. The van der Waals surface area contributed by atoms with Crippen molar-refractivity contribution in [3.05, 3.63) is 65.6 Å². The number of amides is 1. The zero-order chi connectivity index (χ0) is 20.1. The molecule has 2 aromatic heterocycles. The van der Waals surface area contributed by atoms with Crippen LogP contribution in [-0.4, -0.2) is 52.3 Å². The van der Waals surface area contributed by atoms with Gasteiger partial charge in [0.1, 0.15) is 17.4 Å². The summed E-state index contributed by atoms with van der Waals surface area (Å²) in [4.78, 5) is 14.4. The van der Waals surface area contributed by atoms with Crippen molar-refractivity contribution in [1.29, 1.82) is 0 Å². The van der Waals surface area contributed by atoms with E-state index in [0.29, 0.717) is 18.7 Å². The summed E-state index contributed by atoms with van der Waals surface area (Å²) in [6.45, 7) is 4.00. The highest BCUT2D eigenvalue weighted by Crippen LogP contribution is 2.20. The molecule has 1 N–H and O–H groups in total. The molecule has 0 radical (unpaired) electrons. The maximum absolute atomic E-state index is 12.0. The second kappa shape index (κ2) is 8.91. The molecule has 29 heavy (non-hydrogen) atoms. The monoisotopic (exact) mass is 395 g/mol. The van der Waals surface area contributed by atoms with E-state index < -0.39 is 0 Å². The van der Waals surface area contributed by atoms with E-state index in [0.717, 1.165) is 50.0 Å². The Balaban J connectivity index is 1.33. The minimum Gasteiger partial charge on any atom is -0.496 e. The first-order chi connectivity index (χ1) is 14.2. The van der Waals surface area contributed by atoms with Crippen molar-refractivity contribution >= 4 is 5.91 Å². The van der Waals surface area contributed by atoms with Gasteiger partial charge in [0.25, 0.3) is 5.91 Å². The van der Waals surface area contributed by atoms with Crippen molar-refractivity contribution in [3.63, 3.8) is 0 Å². The summed E-state index contributed by atoms with van der Waals surface area (Å²) in [5.41, 5.74) is 1.19. The van der Waals surface area contributed by atoms with Crippen LogP contribution in [0.15, 0.2) is 47.1 Å². The molecule has 0 saturated heterocycles. The van der Waals surface area contributed by atoms with Crippen LogP contribution in [0.1, 0.15) is 27.8 Å². The SMILES string of the molecule is COc1ccccc1CN1CCc2nnc(CCNC(=O)c3ccco3)n2CC1. The Labute approximate surface area is 169 Å². The standard InChI is InChI=1S/C21H25N5O3/c1-28-17-6-3-2-5-16(17)15-25-11-9-20-24-23-19(26(20)13-12-25)8-10-22-21(27)18-7-4-14-29-18/h2-7,14H,8-13,15H2,1H3,(H,22,27). The van der Waals surface area contributed by atoms with Gasteiger partial charge in [-0.2, -0.15) is 0 Å². The second-order valence-electron chi connectivity index (χ2n) is 7.01. The highest BCUT2D eigenvalue weighted by molar-refractivity contribution is 5.91. The maximum atomic E-state index is 12.0. The fraction of sp³-hybridized carbons (Fsp3) is 0.381. The van der Waals surface area contributed by atoms with Gasteiger partial charge in [0.15, 0.2) is 5.76 Å². The summed E-state index contributed by atoms with van der Waals surface area (Å²) in [7, 11) is 1.71. The lowest BCUT2D eigenvalue weighted by Crippen LogP contribution is -2.28. The molecule has 0 aliphatic carbocycles. The molecule has 0 atom stereocenters. The summed E-state index contributed by atoms with van der Waals surface area (Å²) in [5.74, 6) is 2.92. The third-order valence-corrected chi connectivity index (χ3v) is 5.16. The Bertz CT molecular complexity index is 951. The van der Waals surface area contributed by atoms with Crippen molar-refractivity contribution in [3.8, 4) is 5.75 Å². The molecule has 8 nitrogen and oxygen atoms in total. The Kier molecular flexibility index (Phi) is 5.90. The number of nitrogens with zero attached hydrogens (tertiary/aromatic N) is 4. The molecule has 1 aliphatic heterocycles. The summed E-state index contributed by atoms with van der Waals surface area (Å²) < 4.78 is 12.8. The number of carbonyl (C=O) groups is 1. The molecule has 0 spiro atoms. The van der Waals surface area contributed by atoms with Gasteiger partial charge in [-0.25, -0.2) is 0 Å². The van der Waals surface area contributed by atoms with E-state index in [4.69, 9.17) is 9.15 Å². The van der Waals surface area contributed by atoms with E-state index in [2.05, 4.69) is 31.0 Å². The van der Waals surface area contributed by atoms with E-state index in [-0.39, 0.29) is 5.91 Å². The van der Waals surface area contributed by atoms with Gasteiger partial charge in [-0.05, 0) is 18.2 Å². The van der Waals surface area contributed by atoms with Crippen LogP contribution in [0.25, 0.3) is 0 Å². The van der Waals surface area contributed by atoms with Crippen molar-refractivity contribution in [2.45, 2.75) is 25.9 Å². The minimum atomic E-state index is -0.214. The molecular formula is C21H25N5O3. The van der Waals surface area contributed by atoms with Gasteiger partial charge >= 0.3 is 0 Å². The largest absolute Gasteiger partial charge is 0.496 e. The minimum absolute atomic E-state index is 0.214. The molecule has 8 heteroatoms. The predicted molar refractivity (Wildman–Crippen MR) is 107 cm³/mol. The van der Waals surface area contributed by atoms with Crippen LogP contribution < -0.4 is 10.1 Å². The molecular weight excluding hydrogens is 370 g/mol. The number of para-hydroxylation sites is 1. The van der Waals surface area contributed by atoms with E-state index in [9.17, 15) is 4.79 Å². The van der Waals surface area contributed by atoms with Crippen LogP contribution in [0.5, 0.6) is 5.75 Å². The third-order valence-electron chi connectivity index (χ3n) is 5.16. The van der Waals surface area contributed by atoms with Gasteiger partial charge in [0.2, 0.25) is 0 Å². The Morgan fingerprint density at radius 3 is 2.90 bits per heavy atom. The molecule has 1 aromatic carbocycles. The fourth-order valence-electron chi connectivity index (χ4n) is 3.63. The molecule has 1 aliphatic rings. The van der Waals surface area contributed by atoms with Crippen molar-refractivity contribution < 1.29 is 13.9 Å².